The predicted molar refractivity (Wildman–Crippen MR) is 141 cm³/mol. The fourth-order valence-electron chi connectivity index (χ4n) is 3.42. The number of hydrogen-bond acceptors (Lipinski definition) is 7. The molecule has 1 saturated heterocycles. The summed E-state index contributed by atoms with van der Waals surface area (Å²) < 4.78 is 39.1. The number of thiocarbonyl (C=S) groups is 1. The molecule has 0 bridgehead atoms. The molecule has 8 nitrogen and oxygen atoms in total. The zero-order valence-corrected chi connectivity index (χ0v) is 21.3. The van der Waals surface area contributed by atoms with Gasteiger partial charge in [0.15, 0.2) is 0 Å². The number of hydrogen-bond donors (Lipinski definition) is 1. The van der Waals surface area contributed by atoms with Crippen LogP contribution in [0.1, 0.15) is 18.9 Å². The minimum atomic E-state index is -4.22. The Labute approximate surface area is 213 Å². The SMILES string of the molecule is CCCOc1cccc(-c2nn(-c3ccccc3)cc2/C=C2/SC(=S)N(CCS(=O)(=O)O)C2=O)c1. The Morgan fingerprint density at radius 1 is 1.17 bits per heavy atom. The molecule has 1 N–H and O–H groups in total. The molecular formula is C24H23N3O5S3. The molecule has 0 spiro atoms. The predicted octanol–water partition coefficient (Wildman–Crippen LogP) is 4.42. The number of thioether (sulfide) groups is 1. The van der Waals surface area contributed by atoms with Crippen molar-refractivity contribution in [2.24, 2.45) is 0 Å². The first kappa shape index (κ1) is 25.1. The molecule has 2 heterocycles. The number of para-hydroxylation sites is 1. The van der Waals surface area contributed by atoms with Gasteiger partial charge in [0.1, 0.15) is 15.8 Å². The molecule has 2 aromatic carbocycles. The molecule has 1 aliphatic heterocycles. The van der Waals surface area contributed by atoms with Crippen LogP contribution >= 0.6 is 24.0 Å². The van der Waals surface area contributed by atoms with E-state index in [4.69, 9.17) is 26.6 Å². The van der Waals surface area contributed by atoms with Gasteiger partial charge in [0, 0.05) is 23.9 Å². The van der Waals surface area contributed by atoms with Gasteiger partial charge < -0.3 is 4.74 Å². The summed E-state index contributed by atoms with van der Waals surface area (Å²) in [6, 6.07) is 17.2. The summed E-state index contributed by atoms with van der Waals surface area (Å²) in [6.45, 7) is 2.42. The van der Waals surface area contributed by atoms with Gasteiger partial charge in [-0.3, -0.25) is 14.2 Å². The first-order valence-corrected chi connectivity index (χ1v) is 13.7. The van der Waals surface area contributed by atoms with Crippen molar-refractivity contribution in [2.45, 2.75) is 13.3 Å². The number of benzene rings is 2. The van der Waals surface area contributed by atoms with Crippen molar-refractivity contribution >= 4 is 50.4 Å². The second-order valence-corrected chi connectivity index (χ2v) is 11.0. The van der Waals surface area contributed by atoms with Gasteiger partial charge in [-0.2, -0.15) is 13.5 Å². The number of carbonyl (C=O) groups is 1. The lowest BCUT2D eigenvalue weighted by Crippen LogP contribution is -2.32. The van der Waals surface area contributed by atoms with Crippen molar-refractivity contribution in [1.82, 2.24) is 14.7 Å². The van der Waals surface area contributed by atoms with Gasteiger partial charge in [-0.25, -0.2) is 4.68 Å². The smallest absolute Gasteiger partial charge is 0.266 e. The van der Waals surface area contributed by atoms with E-state index in [-0.39, 0.29) is 10.9 Å². The standard InChI is InChI=1S/C24H23N3O5S3/c1-2-12-32-20-10-6-7-17(14-20)22-18(16-27(25-22)19-8-4-3-5-9-19)15-21-23(28)26(24(33)34-21)11-13-35(29,30)31/h3-10,14-16H,2,11-13H2,1H3,(H,29,30,31)/b21-15+. The number of amides is 1. The molecule has 1 aromatic heterocycles. The normalized spacial score (nSPS) is 15.3. The third-order valence-corrected chi connectivity index (χ3v) is 7.15. The maximum Gasteiger partial charge on any atom is 0.266 e. The lowest BCUT2D eigenvalue weighted by Gasteiger charge is -2.12. The summed E-state index contributed by atoms with van der Waals surface area (Å²) in [5, 5.41) is 4.78. The van der Waals surface area contributed by atoms with E-state index in [0.29, 0.717) is 22.8 Å². The molecule has 1 amide bonds. The van der Waals surface area contributed by atoms with Crippen molar-refractivity contribution in [3.63, 3.8) is 0 Å². The zero-order valence-electron chi connectivity index (χ0n) is 18.8. The highest BCUT2D eigenvalue weighted by molar-refractivity contribution is 8.26. The summed E-state index contributed by atoms with van der Waals surface area (Å²) in [5.74, 6) is -0.280. The fraction of sp³-hybridized carbons (Fsp3) is 0.208. The van der Waals surface area contributed by atoms with Crippen molar-refractivity contribution in [3.05, 3.63) is 71.3 Å². The molecule has 0 atom stereocenters. The van der Waals surface area contributed by atoms with Crippen LogP contribution in [-0.4, -0.2) is 56.8 Å². The van der Waals surface area contributed by atoms with Gasteiger partial charge in [0.05, 0.1) is 23.0 Å². The molecule has 0 aliphatic carbocycles. The van der Waals surface area contributed by atoms with E-state index in [9.17, 15) is 13.2 Å². The van der Waals surface area contributed by atoms with Crippen LogP contribution in [0.25, 0.3) is 23.0 Å². The molecule has 4 rings (SSSR count). The van der Waals surface area contributed by atoms with Crippen LogP contribution < -0.4 is 4.74 Å². The van der Waals surface area contributed by atoms with Crippen LogP contribution in [0.15, 0.2) is 65.7 Å². The number of carbonyl (C=O) groups excluding carboxylic acids is 1. The summed E-state index contributed by atoms with van der Waals surface area (Å²) in [5.41, 5.74) is 3.02. The van der Waals surface area contributed by atoms with Gasteiger partial charge in [-0.15, -0.1) is 0 Å². The van der Waals surface area contributed by atoms with E-state index in [1.807, 2.05) is 67.7 Å². The lowest BCUT2D eigenvalue weighted by molar-refractivity contribution is -0.121. The van der Waals surface area contributed by atoms with Crippen molar-refractivity contribution in [2.75, 3.05) is 18.9 Å². The van der Waals surface area contributed by atoms with Gasteiger partial charge in [-0.05, 0) is 36.8 Å². The number of aromatic nitrogens is 2. The third kappa shape index (κ3) is 6.17. The van der Waals surface area contributed by atoms with Crippen LogP contribution in [0.3, 0.4) is 0 Å². The Morgan fingerprint density at radius 2 is 1.94 bits per heavy atom. The summed E-state index contributed by atoms with van der Waals surface area (Å²) in [7, 11) is -4.22. The Kier molecular flexibility index (Phi) is 7.70. The number of rotatable bonds is 9. The highest BCUT2D eigenvalue weighted by Gasteiger charge is 2.33. The van der Waals surface area contributed by atoms with E-state index in [1.54, 1.807) is 10.8 Å². The van der Waals surface area contributed by atoms with Crippen molar-refractivity contribution in [3.8, 4) is 22.7 Å². The van der Waals surface area contributed by atoms with E-state index >= 15 is 0 Å². The minimum absolute atomic E-state index is 0.214. The molecule has 182 valence electrons. The van der Waals surface area contributed by atoms with E-state index in [1.165, 1.54) is 4.90 Å². The van der Waals surface area contributed by atoms with E-state index < -0.39 is 21.8 Å². The highest BCUT2D eigenvalue weighted by Crippen LogP contribution is 2.35. The first-order valence-electron chi connectivity index (χ1n) is 10.8. The van der Waals surface area contributed by atoms with E-state index in [2.05, 4.69) is 0 Å². The van der Waals surface area contributed by atoms with E-state index in [0.717, 1.165) is 35.2 Å². The van der Waals surface area contributed by atoms with Gasteiger partial charge in [0.2, 0.25) is 0 Å². The molecule has 1 fully saturated rings. The van der Waals surface area contributed by atoms with Crippen molar-refractivity contribution in [1.29, 1.82) is 0 Å². The molecule has 35 heavy (non-hydrogen) atoms. The quantitative estimate of drug-likeness (QED) is 0.247. The maximum atomic E-state index is 13.0. The third-order valence-electron chi connectivity index (χ3n) is 5.08. The molecule has 0 unspecified atom stereocenters. The molecule has 0 saturated carbocycles. The minimum Gasteiger partial charge on any atom is -0.494 e. The summed E-state index contributed by atoms with van der Waals surface area (Å²) >= 11 is 6.36. The Bertz CT molecular complexity index is 1380. The topological polar surface area (TPSA) is 102 Å². The van der Waals surface area contributed by atoms with Crippen LogP contribution in [0.2, 0.25) is 0 Å². The van der Waals surface area contributed by atoms with Crippen LogP contribution in [0.4, 0.5) is 0 Å². The fourth-order valence-corrected chi connectivity index (χ4v) is 5.14. The molecule has 11 heteroatoms. The zero-order chi connectivity index (χ0) is 25.0. The first-order chi connectivity index (χ1) is 16.7. The molecule has 1 aliphatic rings. The van der Waals surface area contributed by atoms with Crippen LogP contribution in [0.5, 0.6) is 5.75 Å². The highest BCUT2D eigenvalue weighted by atomic mass is 32.2. The molecule has 0 radical (unpaired) electrons. The summed E-state index contributed by atoms with van der Waals surface area (Å²) in [4.78, 5) is 14.5. The summed E-state index contributed by atoms with van der Waals surface area (Å²) in [6.07, 6.45) is 4.42. The average Bonchev–Trinajstić information content (AvgIpc) is 3.37. The van der Waals surface area contributed by atoms with Gasteiger partial charge in [0.25, 0.3) is 16.0 Å². The Hall–Kier alpha value is -2.99. The second-order valence-electron chi connectivity index (χ2n) is 7.71. The Balaban J connectivity index is 1.73. The number of ether oxygens (including phenoxy) is 1. The van der Waals surface area contributed by atoms with Crippen molar-refractivity contribution < 1.29 is 22.5 Å². The average molecular weight is 530 g/mol. The largest absolute Gasteiger partial charge is 0.494 e. The number of nitrogens with zero attached hydrogens (tertiary/aromatic N) is 3. The second kappa shape index (κ2) is 10.7. The Morgan fingerprint density at radius 3 is 2.66 bits per heavy atom. The maximum absolute atomic E-state index is 13.0. The van der Waals surface area contributed by atoms with Gasteiger partial charge in [-0.1, -0.05) is 61.2 Å². The van der Waals surface area contributed by atoms with Crippen LogP contribution in [0, 0.1) is 0 Å². The molecular weight excluding hydrogens is 506 g/mol. The van der Waals surface area contributed by atoms with Gasteiger partial charge >= 0.3 is 0 Å². The molecule has 3 aromatic rings. The lowest BCUT2D eigenvalue weighted by atomic mass is 10.1. The van der Waals surface area contributed by atoms with Crippen LogP contribution in [-0.2, 0) is 14.9 Å². The monoisotopic (exact) mass is 529 g/mol.